The van der Waals surface area contributed by atoms with E-state index in [1.807, 2.05) is 25.3 Å². The number of amides is 1. The number of carbonyl (C=O) groups excluding carboxylic acids is 1. The summed E-state index contributed by atoms with van der Waals surface area (Å²) in [6.45, 7) is 9.66. The maximum atomic E-state index is 12.7. The first-order valence-corrected chi connectivity index (χ1v) is 11.3. The minimum Gasteiger partial charge on any atom is -0.381 e. The maximum absolute atomic E-state index is 12.7. The van der Waals surface area contributed by atoms with Gasteiger partial charge in [-0.1, -0.05) is 43.3 Å². The lowest BCUT2D eigenvalue weighted by atomic mass is 9.84. The van der Waals surface area contributed by atoms with Gasteiger partial charge >= 0.3 is 0 Å². The Morgan fingerprint density at radius 1 is 1.26 bits per heavy atom. The Bertz CT molecular complexity index is 955. The summed E-state index contributed by atoms with van der Waals surface area (Å²) in [5.41, 5.74) is 6.75. The predicted molar refractivity (Wildman–Crippen MR) is 129 cm³/mol. The fourth-order valence-corrected chi connectivity index (χ4v) is 4.19. The van der Waals surface area contributed by atoms with E-state index >= 15 is 0 Å². The van der Waals surface area contributed by atoms with E-state index in [0.29, 0.717) is 6.61 Å². The summed E-state index contributed by atoms with van der Waals surface area (Å²) >= 11 is 0. The highest BCUT2D eigenvalue weighted by Gasteiger charge is 2.24. The van der Waals surface area contributed by atoms with Gasteiger partial charge in [-0.25, -0.2) is 0 Å². The van der Waals surface area contributed by atoms with E-state index in [-0.39, 0.29) is 17.7 Å². The molecular formula is C27H34N2O2. The SMILES string of the molecule is CC=N/C(=C\CC)C(c1cccc(NC(=O)C2CCCOC2)c1)c1cccc(C)c1C. The number of hydrogen-bond donors (Lipinski definition) is 1. The Balaban J connectivity index is 1.99. The normalized spacial score (nSPS) is 18.2. The Morgan fingerprint density at radius 3 is 2.77 bits per heavy atom. The molecular weight excluding hydrogens is 384 g/mol. The predicted octanol–water partition coefficient (Wildman–Crippen LogP) is 6.19. The summed E-state index contributed by atoms with van der Waals surface area (Å²) in [6, 6.07) is 14.6. The van der Waals surface area contributed by atoms with Crippen molar-refractivity contribution in [3.8, 4) is 0 Å². The van der Waals surface area contributed by atoms with E-state index in [1.54, 1.807) is 0 Å². The number of rotatable bonds is 7. The topological polar surface area (TPSA) is 50.7 Å². The van der Waals surface area contributed by atoms with Gasteiger partial charge in [-0.05, 0) is 74.4 Å². The zero-order valence-electron chi connectivity index (χ0n) is 19.2. The molecule has 1 saturated heterocycles. The fourth-order valence-electron chi connectivity index (χ4n) is 4.19. The molecule has 0 bridgehead atoms. The number of nitrogens with zero attached hydrogens (tertiary/aromatic N) is 1. The number of aliphatic imine (C=N–C) groups is 1. The van der Waals surface area contributed by atoms with Gasteiger partial charge in [0.2, 0.25) is 5.91 Å². The summed E-state index contributed by atoms with van der Waals surface area (Å²) in [4.78, 5) is 17.5. The Morgan fingerprint density at radius 2 is 2.06 bits per heavy atom. The highest BCUT2D eigenvalue weighted by Crippen LogP contribution is 2.36. The van der Waals surface area contributed by atoms with Crippen molar-refractivity contribution in [2.24, 2.45) is 10.9 Å². The fraction of sp³-hybridized carbons (Fsp3) is 0.407. The second-order valence-corrected chi connectivity index (χ2v) is 8.18. The van der Waals surface area contributed by atoms with Crippen LogP contribution in [0, 0.1) is 19.8 Å². The van der Waals surface area contributed by atoms with Crippen LogP contribution in [0.3, 0.4) is 0 Å². The van der Waals surface area contributed by atoms with Crippen molar-refractivity contribution in [2.75, 3.05) is 18.5 Å². The van der Waals surface area contributed by atoms with Gasteiger partial charge in [0.25, 0.3) is 0 Å². The minimum absolute atomic E-state index is 0.00548. The Labute approximate surface area is 186 Å². The lowest BCUT2D eigenvalue weighted by Gasteiger charge is -2.24. The van der Waals surface area contributed by atoms with Crippen LogP contribution < -0.4 is 5.32 Å². The van der Waals surface area contributed by atoms with Gasteiger partial charge in [0.15, 0.2) is 0 Å². The molecule has 3 rings (SSSR count). The molecule has 0 saturated carbocycles. The van der Waals surface area contributed by atoms with Gasteiger partial charge in [0.05, 0.1) is 18.4 Å². The van der Waals surface area contributed by atoms with Crippen LogP contribution in [0.5, 0.6) is 0 Å². The number of benzene rings is 2. The summed E-state index contributed by atoms with van der Waals surface area (Å²) in [5.74, 6) is -0.0329. The smallest absolute Gasteiger partial charge is 0.229 e. The number of ether oxygens (including phenoxy) is 1. The summed E-state index contributed by atoms with van der Waals surface area (Å²) in [6.07, 6.45) is 6.77. The van der Waals surface area contributed by atoms with Crippen molar-refractivity contribution in [2.45, 2.75) is 52.9 Å². The molecule has 2 aromatic rings. The number of carbonyl (C=O) groups is 1. The maximum Gasteiger partial charge on any atom is 0.229 e. The monoisotopic (exact) mass is 418 g/mol. The highest BCUT2D eigenvalue weighted by atomic mass is 16.5. The molecule has 4 heteroatoms. The van der Waals surface area contributed by atoms with Gasteiger partial charge in [-0.15, -0.1) is 0 Å². The standard InChI is InChI=1S/C27H34N2O2/c1-5-10-25(28-6-2)26(24-15-7-11-19(3)20(24)4)21-12-8-14-23(17-21)29-27(30)22-13-9-16-31-18-22/h6-8,10-12,14-15,17,22,26H,5,9,13,16,18H2,1-4H3,(H,29,30)/b25-10-,28-6?. The molecule has 0 aromatic heterocycles. The van der Waals surface area contributed by atoms with Crippen LogP contribution in [0.2, 0.25) is 0 Å². The van der Waals surface area contributed by atoms with E-state index in [9.17, 15) is 4.79 Å². The van der Waals surface area contributed by atoms with Crippen molar-refractivity contribution in [3.63, 3.8) is 0 Å². The van der Waals surface area contributed by atoms with Gasteiger partial charge < -0.3 is 10.1 Å². The number of aryl methyl sites for hydroxylation is 1. The third-order valence-corrected chi connectivity index (χ3v) is 5.96. The first-order valence-electron chi connectivity index (χ1n) is 11.3. The molecule has 4 nitrogen and oxygen atoms in total. The third kappa shape index (κ3) is 5.71. The Kier molecular flexibility index (Phi) is 8.19. The first kappa shape index (κ1) is 23.0. The van der Waals surface area contributed by atoms with E-state index < -0.39 is 0 Å². The van der Waals surface area contributed by atoms with Gasteiger partial charge in [-0.2, -0.15) is 0 Å². The quantitative estimate of drug-likeness (QED) is 0.545. The summed E-state index contributed by atoms with van der Waals surface area (Å²) in [7, 11) is 0. The van der Waals surface area contributed by atoms with Crippen LogP contribution in [-0.4, -0.2) is 25.3 Å². The zero-order chi connectivity index (χ0) is 22.2. The molecule has 2 atom stereocenters. The van der Waals surface area contributed by atoms with Crippen molar-refractivity contribution in [1.29, 1.82) is 0 Å². The molecule has 1 fully saturated rings. The van der Waals surface area contributed by atoms with Crippen molar-refractivity contribution in [1.82, 2.24) is 0 Å². The lowest BCUT2D eigenvalue weighted by molar-refractivity contribution is -0.123. The van der Waals surface area contributed by atoms with Crippen LogP contribution in [0.4, 0.5) is 5.69 Å². The number of anilines is 1. The number of allylic oxidation sites excluding steroid dienone is 2. The second kappa shape index (κ2) is 11.1. The number of nitrogens with one attached hydrogen (secondary N) is 1. The minimum atomic E-state index is -0.0764. The molecule has 1 aliphatic heterocycles. The molecule has 164 valence electrons. The zero-order valence-corrected chi connectivity index (χ0v) is 19.2. The van der Waals surface area contributed by atoms with Crippen molar-refractivity contribution < 1.29 is 9.53 Å². The molecule has 0 spiro atoms. The van der Waals surface area contributed by atoms with Crippen LogP contribution >= 0.6 is 0 Å². The first-order chi connectivity index (χ1) is 15.0. The van der Waals surface area contributed by atoms with Crippen LogP contribution in [0.1, 0.15) is 61.3 Å². The molecule has 1 amide bonds. The molecule has 1 heterocycles. The van der Waals surface area contributed by atoms with Crippen LogP contribution in [0.25, 0.3) is 0 Å². The van der Waals surface area contributed by atoms with Gasteiger partial charge in [0.1, 0.15) is 0 Å². The lowest BCUT2D eigenvalue weighted by Crippen LogP contribution is -2.30. The van der Waals surface area contributed by atoms with Crippen molar-refractivity contribution >= 4 is 17.8 Å². The largest absolute Gasteiger partial charge is 0.381 e. The van der Waals surface area contributed by atoms with Crippen LogP contribution in [-0.2, 0) is 9.53 Å². The average Bonchev–Trinajstić information content (AvgIpc) is 2.78. The van der Waals surface area contributed by atoms with E-state index in [4.69, 9.17) is 9.73 Å². The summed E-state index contributed by atoms with van der Waals surface area (Å²) in [5, 5.41) is 3.11. The average molecular weight is 419 g/mol. The van der Waals surface area contributed by atoms with Crippen molar-refractivity contribution in [3.05, 3.63) is 76.5 Å². The van der Waals surface area contributed by atoms with Gasteiger partial charge in [-0.3, -0.25) is 9.79 Å². The molecule has 1 N–H and O–H groups in total. The van der Waals surface area contributed by atoms with Gasteiger partial charge in [0, 0.05) is 24.2 Å². The molecule has 0 aliphatic carbocycles. The highest BCUT2D eigenvalue weighted by molar-refractivity contribution is 5.92. The van der Waals surface area contributed by atoms with E-state index in [2.05, 4.69) is 62.5 Å². The van der Waals surface area contributed by atoms with E-state index in [0.717, 1.165) is 42.8 Å². The molecule has 2 unspecified atom stereocenters. The molecule has 1 aliphatic rings. The third-order valence-electron chi connectivity index (χ3n) is 5.96. The Hall–Kier alpha value is -2.72. The number of hydrogen-bond acceptors (Lipinski definition) is 3. The summed E-state index contributed by atoms with van der Waals surface area (Å²) < 4.78 is 5.49. The van der Waals surface area contributed by atoms with E-state index in [1.165, 1.54) is 16.7 Å². The molecule has 31 heavy (non-hydrogen) atoms. The molecule has 0 radical (unpaired) electrons. The molecule has 2 aromatic carbocycles. The second-order valence-electron chi connectivity index (χ2n) is 8.18. The van der Waals surface area contributed by atoms with Crippen LogP contribution in [0.15, 0.2) is 59.2 Å².